The van der Waals surface area contributed by atoms with E-state index in [1.165, 1.54) is 0 Å². The molecule has 0 bridgehead atoms. The first-order valence-electron chi connectivity index (χ1n) is 10.9. The fraction of sp³-hybridized carbons (Fsp3) is 0.391. The number of hydrogen-bond donors (Lipinski definition) is 2. The highest BCUT2D eigenvalue weighted by molar-refractivity contribution is 5.85. The number of carbonyl (C=O) groups is 2. The van der Waals surface area contributed by atoms with Gasteiger partial charge in [-0.05, 0) is 12.1 Å². The highest BCUT2D eigenvalue weighted by atomic mass is 16.5. The van der Waals surface area contributed by atoms with Gasteiger partial charge in [-0.3, -0.25) is 9.59 Å². The lowest BCUT2D eigenvalue weighted by atomic mass is 10.1. The fourth-order valence-corrected chi connectivity index (χ4v) is 3.84. The van der Waals surface area contributed by atoms with E-state index in [1.807, 2.05) is 18.2 Å². The minimum absolute atomic E-state index is 0.0272. The van der Waals surface area contributed by atoms with Crippen LogP contribution in [0.5, 0.6) is 5.75 Å². The molecule has 0 spiro atoms. The number of imidazole rings is 1. The van der Waals surface area contributed by atoms with Gasteiger partial charge in [-0.1, -0.05) is 0 Å². The average molecular weight is 453 g/mol. The maximum atomic E-state index is 12.6. The molecule has 10 heteroatoms. The number of nitrogens with zero attached hydrogens (tertiary/aromatic N) is 4. The molecule has 3 heterocycles. The molecule has 174 valence electrons. The first-order valence-corrected chi connectivity index (χ1v) is 10.9. The third kappa shape index (κ3) is 5.51. The maximum absolute atomic E-state index is 12.6. The summed E-state index contributed by atoms with van der Waals surface area (Å²) < 4.78 is 11.2. The van der Waals surface area contributed by atoms with Crippen LogP contribution in [0.4, 0.5) is 5.69 Å². The zero-order valence-electron chi connectivity index (χ0n) is 18.8. The molecule has 0 saturated carbocycles. The van der Waals surface area contributed by atoms with Gasteiger partial charge in [0.05, 0.1) is 37.4 Å². The van der Waals surface area contributed by atoms with E-state index in [2.05, 4.69) is 25.2 Å². The Bertz CT molecular complexity index is 1090. The number of aryl methyl sites for hydroxylation is 1. The van der Waals surface area contributed by atoms with Crippen LogP contribution >= 0.6 is 0 Å². The Morgan fingerprint density at radius 3 is 2.88 bits per heavy atom. The lowest BCUT2D eigenvalue weighted by molar-refractivity contribution is -0.135. The summed E-state index contributed by atoms with van der Waals surface area (Å²) in [5, 5.41) is 2.86. The molecule has 0 unspecified atom stereocenters. The molecule has 1 fully saturated rings. The van der Waals surface area contributed by atoms with Crippen LogP contribution in [0, 0.1) is 6.92 Å². The predicted molar refractivity (Wildman–Crippen MR) is 122 cm³/mol. The number of aromatic amines is 1. The third-order valence-corrected chi connectivity index (χ3v) is 5.62. The van der Waals surface area contributed by atoms with E-state index >= 15 is 0 Å². The van der Waals surface area contributed by atoms with E-state index in [0.717, 1.165) is 16.9 Å². The molecule has 10 nitrogen and oxygen atoms in total. The predicted octanol–water partition coefficient (Wildman–Crippen LogP) is 1.78. The van der Waals surface area contributed by atoms with Crippen molar-refractivity contribution in [2.45, 2.75) is 19.8 Å². The van der Waals surface area contributed by atoms with Crippen LogP contribution in [0.3, 0.4) is 0 Å². The van der Waals surface area contributed by atoms with Crippen LogP contribution in [0.15, 0.2) is 41.3 Å². The third-order valence-electron chi connectivity index (χ3n) is 5.62. The smallest absolute Gasteiger partial charge is 0.239 e. The standard InChI is InChI=1S/C23H28N6O4/c1-16-26-13-21(33-16)19-4-3-18(11-20(19)32-2)28-8-6-23(31)29(10-9-28)14-22(30)25-7-5-17-12-24-15-27-17/h3-4,11-13,15H,5-10,14H2,1-2H3,(H,24,27)(H,25,30). The Labute approximate surface area is 192 Å². The Balaban J connectivity index is 1.35. The Morgan fingerprint density at radius 2 is 2.15 bits per heavy atom. The first kappa shape index (κ1) is 22.4. The summed E-state index contributed by atoms with van der Waals surface area (Å²) in [6, 6.07) is 5.86. The number of ether oxygens (including phenoxy) is 1. The maximum Gasteiger partial charge on any atom is 0.239 e. The molecule has 1 aliphatic heterocycles. The molecule has 33 heavy (non-hydrogen) atoms. The van der Waals surface area contributed by atoms with Gasteiger partial charge in [0.1, 0.15) is 5.75 Å². The highest BCUT2D eigenvalue weighted by Gasteiger charge is 2.23. The number of nitrogens with one attached hydrogen (secondary N) is 2. The first-order chi connectivity index (χ1) is 16.0. The van der Waals surface area contributed by atoms with Crippen LogP contribution in [-0.2, 0) is 16.0 Å². The number of carbonyl (C=O) groups excluding carboxylic acids is 2. The number of amides is 2. The van der Waals surface area contributed by atoms with Gasteiger partial charge in [0.15, 0.2) is 11.7 Å². The lowest BCUT2D eigenvalue weighted by Crippen LogP contribution is -2.42. The molecular formula is C23H28N6O4. The molecule has 1 aliphatic rings. The second kappa shape index (κ2) is 10.2. The number of hydrogen-bond acceptors (Lipinski definition) is 7. The highest BCUT2D eigenvalue weighted by Crippen LogP contribution is 2.34. The van der Waals surface area contributed by atoms with Crippen molar-refractivity contribution in [1.29, 1.82) is 0 Å². The Hall–Kier alpha value is -3.82. The minimum Gasteiger partial charge on any atom is -0.496 e. The number of methoxy groups -OCH3 is 1. The topological polar surface area (TPSA) is 117 Å². The van der Waals surface area contributed by atoms with E-state index in [1.54, 1.807) is 37.7 Å². The van der Waals surface area contributed by atoms with E-state index in [0.29, 0.717) is 56.4 Å². The molecule has 1 aromatic carbocycles. The van der Waals surface area contributed by atoms with Crippen LogP contribution in [0.2, 0.25) is 0 Å². The van der Waals surface area contributed by atoms with Crippen LogP contribution in [-0.4, -0.2) is 71.5 Å². The van der Waals surface area contributed by atoms with Crippen LogP contribution in [0.25, 0.3) is 11.3 Å². The number of aromatic nitrogens is 3. The minimum atomic E-state index is -0.166. The van der Waals surface area contributed by atoms with E-state index in [9.17, 15) is 9.59 Å². The van der Waals surface area contributed by atoms with E-state index in [4.69, 9.17) is 9.15 Å². The van der Waals surface area contributed by atoms with Crippen LogP contribution in [0.1, 0.15) is 18.0 Å². The average Bonchev–Trinajstić information content (AvgIpc) is 3.45. The van der Waals surface area contributed by atoms with Crippen molar-refractivity contribution in [3.05, 3.63) is 48.5 Å². The number of benzene rings is 1. The molecule has 0 aliphatic carbocycles. The van der Waals surface area contributed by atoms with Crippen molar-refractivity contribution in [2.24, 2.45) is 0 Å². The zero-order valence-corrected chi connectivity index (χ0v) is 18.8. The quantitative estimate of drug-likeness (QED) is 0.535. The monoisotopic (exact) mass is 452 g/mol. The van der Waals surface area contributed by atoms with Gasteiger partial charge in [0.2, 0.25) is 11.8 Å². The van der Waals surface area contributed by atoms with Crippen molar-refractivity contribution >= 4 is 17.5 Å². The summed E-state index contributed by atoms with van der Waals surface area (Å²) >= 11 is 0. The number of H-pyrrole nitrogens is 1. The summed E-state index contributed by atoms with van der Waals surface area (Å²) in [5.41, 5.74) is 2.66. The van der Waals surface area contributed by atoms with Crippen molar-refractivity contribution < 1.29 is 18.7 Å². The summed E-state index contributed by atoms with van der Waals surface area (Å²) in [6.07, 6.45) is 6.06. The second-order valence-electron chi connectivity index (χ2n) is 7.84. The van der Waals surface area contributed by atoms with Gasteiger partial charge in [0.25, 0.3) is 0 Å². The number of oxazole rings is 1. The summed E-state index contributed by atoms with van der Waals surface area (Å²) in [7, 11) is 1.62. The molecule has 2 amide bonds. The molecule has 3 aromatic rings. The van der Waals surface area contributed by atoms with Gasteiger partial charge in [-0.25, -0.2) is 9.97 Å². The fourth-order valence-electron chi connectivity index (χ4n) is 3.84. The molecule has 2 aromatic heterocycles. The SMILES string of the molecule is COc1cc(N2CCC(=O)N(CC(=O)NCCc3c[nH]cn3)CC2)ccc1-c1cnc(C)o1. The molecule has 0 atom stereocenters. The molecular weight excluding hydrogens is 424 g/mol. The molecule has 0 radical (unpaired) electrons. The van der Waals surface area contributed by atoms with Crippen molar-refractivity contribution in [1.82, 2.24) is 25.2 Å². The van der Waals surface area contributed by atoms with Gasteiger partial charge >= 0.3 is 0 Å². The van der Waals surface area contributed by atoms with Crippen molar-refractivity contribution in [2.75, 3.05) is 44.7 Å². The van der Waals surface area contributed by atoms with Crippen molar-refractivity contribution in [3.8, 4) is 17.1 Å². The van der Waals surface area contributed by atoms with Gasteiger partial charge in [-0.15, -0.1) is 0 Å². The lowest BCUT2D eigenvalue weighted by Gasteiger charge is -2.24. The van der Waals surface area contributed by atoms with Crippen LogP contribution < -0.4 is 15.0 Å². The largest absolute Gasteiger partial charge is 0.496 e. The Kier molecular flexibility index (Phi) is 6.92. The van der Waals surface area contributed by atoms with Gasteiger partial charge in [0, 0.05) is 63.9 Å². The molecule has 1 saturated heterocycles. The van der Waals surface area contributed by atoms with E-state index in [-0.39, 0.29) is 18.4 Å². The van der Waals surface area contributed by atoms with Gasteiger partial charge < -0.3 is 29.3 Å². The van der Waals surface area contributed by atoms with Crippen molar-refractivity contribution in [3.63, 3.8) is 0 Å². The second-order valence-corrected chi connectivity index (χ2v) is 7.84. The number of rotatable bonds is 8. The van der Waals surface area contributed by atoms with Gasteiger partial charge in [-0.2, -0.15) is 0 Å². The Morgan fingerprint density at radius 1 is 1.27 bits per heavy atom. The molecule has 4 rings (SSSR count). The van der Waals surface area contributed by atoms with E-state index < -0.39 is 0 Å². The summed E-state index contributed by atoms with van der Waals surface area (Å²) in [6.45, 7) is 3.99. The normalized spacial score (nSPS) is 14.3. The number of anilines is 1. The summed E-state index contributed by atoms with van der Waals surface area (Å²) in [5.74, 6) is 1.72. The zero-order chi connectivity index (χ0) is 23.2. The molecule has 2 N–H and O–H groups in total. The summed E-state index contributed by atoms with van der Waals surface area (Å²) in [4.78, 5) is 39.9.